The molecule has 4 N–H and O–H groups in total. The van der Waals surface area contributed by atoms with Crippen molar-refractivity contribution in [2.24, 2.45) is 34.5 Å². The quantitative estimate of drug-likeness (QED) is 0.166. The van der Waals surface area contributed by atoms with E-state index in [1.54, 1.807) is 23.1 Å². The van der Waals surface area contributed by atoms with Crippen LogP contribution in [0.25, 0.3) is 0 Å². The second-order valence-electron chi connectivity index (χ2n) is 17.8. The van der Waals surface area contributed by atoms with Crippen LogP contribution in [0.2, 0.25) is 0 Å². The van der Waals surface area contributed by atoms with Gasteiger partial charge in [0.15, 0.2) is 0 Å². The van der Waals surface area contributed by atoms with Gasteiger partial charge in [-0.3, -0.25) is 19.2 Å². The number of fused-ring (bicyclic) bond motifs is 2. The number of piperidine rings is 1. The van der Waals surface area contributed by atoms with E-state index in [0.717, 1.165) is 44.9 Å². The topological polar surface area (TPSA) is 174 Å². The second kappa shape index (κ2) is 15.4. The van der Waals surface area contributed by atoms with E-state index in [1.807, 2.05) is 26.8 Å². The highest BCUT2D eigenvalue weighted by Crippen LogP contribution is 2.65. The van der Waals surface area contributed by atoms with Crippen LogP contribution in [0.3, 0.4) is 0 Å². The summed E-state index contributed by atoms with van der Waals surface area (Å²) < 4.78 is 28.2. The zero-order chi connectivity index (χ0) is 39.2. The molecule has 0 bridgehead atoms. The molecule has 0 aromatic heterocycles. The van der Waals surface area contributed by atoms with Gasteiger partial charge in [-0.1, -0.05) is 91.0 Å². The van der Waals surface area contributed by atoms with E-state index >= 15 is 0 Å². The first-order valence-electron chi connectivity index (χ1n) is 19.6. The Morgan fingerprint density at radius 2 is 1.67 bits per heavy atom. The van der Waals surface area contributed by atoms with Crippen LogP contribution in [0.15, 0.2) is 41.8 Å². The third kappa shape index (κ3) is 8.24. The van der Waals surface area contributed by atoms with E-state index in [9.17, 15) is 32.4 Å². The summed E-state index contributed by atoms with van der Waals surface area (Å²) in [5.41, 5.74) is -0.0210. The zero-order valence-electron chi connectivity index (χ0n) is 32.4. The number of sulfonamides is 1. The fourth-order valence-electron chi connectivity index (χ4n) is 8.97. The minimum absolute atomic E-state index is 0.0507. The molecule has 54 heavy (non-hydrogen) atoms. The fourth-order valence-corrected chi connectivity index (χ4v) is 10.6. The smallest absolute Gasteiger partial charge is 0.315 e. The molecule has 5 amide bonds. The van der Waals surface area contributed by atoms with Crippen LogP contribution < -0.4 is 21.3 Å². The lowest BCUT2D eigenvalue weighted by atomic mass is 9.83. The zero-order valence-corrected chi connectivity index (χ0v) is 33.2. The summed E-state index contributed by atoms with van der Waals surface area (Å²) in [5, 5.41) is 11.5. The lowest BCUT2D eigenvalue weighted by molar-refractivity contribution is -0.144. The molecule has 3 saturated carbocycles. The molecule has 14 heteroatoms. The van der Waals surface area contributed by atoms with E-state index in [4.69, 9.17) is 0 Å². The summed E-state index contributed by atoms with van der Waals surface area (Å²) in [6, 6.07) is 2.97. The standard InChI is InChI=1S/C40H58N6O7S/c1-7-19-41-36(49)34(47)28(20-24-17-18-24)42-35(48)33-31-27(40(31,5)6)22-46(33)37(50)32(25-13-9-8-10-14-25)44-38(51)43-30(39(2,3)4)23-45-21-26-15-11-12-16-29(26)54(45,52)53/h7,11-12,15-16,24-25,27-28,30-33H,1,8-10,13-14,17-23H2,2-6H3,(H,41,49)(H,42,48)(H2,43,44,51)/t27-,28?,30?,31-,32?,33?/m1/s1. The van der Waals surface area contributed by atoms with Gasteiger partial charge < -0.3 is 26.2 Å². The number of ketones is 1. The minimum atomic E-state index is -3.74. The van der Waals surface area contributed by atoms with Crippen molar-refractivity contribution in [2.45, 2.75) is 122 Å². The monoisotopic (exact) mass is 766 g/mol. The van der Waals surface area contributed by atoms with E-state index in [2.05, 4.69) is 41.7 Å². The average Bonchev–Trinajstić information content (AvgIpc) is 3.95. The number of rotatable bonds is 14. The number of Topliss-reactive ketones (excluding diaryl/α,β-unsaturated/α-hetero) is 1. The number of likely N-dealkylation sites (tertiary alicyclic amines) is 1. The first-order chi connectivity index (χ1) is 25.4. The molecule has 0 spiro atoms. The van der Waals surface area contributed by atoms with Gasteiger partial charge in [0.1, 0.15) is 12.1 Å². The molecule has 1 saturated heterocycles. The van der Waals surface area contributed by atoms with Crippen molar-refractivity contribution in [3.05, 3.63) is 42.5 Å². The Kier molecular flexibility index (Phi) is 11.4. The van der Waals surface area contributed by atoms with Crippen molar-refractivity contribution in [1.82, 2.24) is 30.5 Å². The maximum absolute atomic E-state index is 14.8. The molecule has 1 aromatic rings. The third-order valence-electron chi connectivity index (χ3n) is 12.6. The molecule has 6 atom stereocenters. The number of urea groups is 1. The summed E-state index contributed by atoms with van der Waals surface area (Å²) in [4.78, 5) is 70.8. The molecule has 13 nitrogen and oxygen atoms in total. The Balaban J connectivity index is 1.20. The van der Waals surface area contributed by atoms with Crippen LogP contribution in [-0.2, 0) is 35.7 Å². The number of hydrogen-bond donors (Lipinski definition) is 4. The molecule has 6 rings (SSSR count). The van der Waals surface area contributed by atoms with E-state index in [1.165, 1.54) is 10.4 Å². The number of carbonyl (C=O) groups is 5. The van der Waals surface area contributed by atoms with Crippen molar-refractivity contribution < 1.29 is 32.4 Å². The largest absolute Gasteiger partial charge is 0.346 e. The van der Waals surface area contributed by atoms with Crippen LogP contribution >= 0.6 is 0 Å². The maximum Gasteiger partial charge on any atom is 0.315 e. The molecule has 2 heterocycles. The van der Waals surface area contributed by atoms with E-state index in [-0.39, 0.29) is 59.5 Å². The highest BCUT2D eigenvalue weighted by Gasteiger charge is 2.70. The summed E-state index contributed by atoms with van der Waals surface area (Å²) >= 11 is 0. The van der Waals surface area contributed by atoms with E-state index in [0.29, 0.717) is 18.5 Å². The number of hydrogen-bond acceptors (Lipinski definition) is 7. The van der Waals surface area contributed by atoms with E-state index < -0.39 is 63.2 Å². The Bertz CT molecular complexity index is 1760. The number of nitrogens with one attached hydrogen (secondary N) is 4. The average molecular weight is 767 g/mol. The predicted octanol–water partition coefficient (Wildman–Crippen LogP) is 3.49. The predicted molar refractivity (Wildman–Crippen MR) is 203 cm³/mol. The number of benzene rings is 1. The van der Waals surface area contributed by atoms with Crippen molar-refractivity contribution in [2.75, 3.05) is 19.6 Å². The van der Waals surface area contributed by atoms with Gasteiger partial charge in [0.05, 0.1) is 10.9 Å². The van der Waals surface area contributed by atoms with Gasteiger partial charge in [0.2, 0.25) is 27.6 Å². The minimum Gasteiger partial charge on any atom is -0.346 e. The van der Waals surface area contributed by atoms with Gasteiger partial charge in [-0.15, -0.1) is 6.58 Å². The van der Waals surface area contributed by atoms with Crippen LogP contribution in [0, 0.1) is 34.5 Å². The molecule has 4 unspecified atom stereocenters. The Labute approximate surface area is 319 Å². The highest BCUT2D eigenvalue weighted by molar-refractivity contribution is 7.89. The summed E-state index contributed by atoms with van der Waals surface area (Å²) in [6.45, 7) is 14.3. The van der Waals surface area contributed by atoms with Gasteiger partial charge in [0, 0.05) is 32.2 Å². The molecule has 1 aromatic carbocycles. The Hall–Kier alpha value is -3.78. The first-order valence-corrected chi connectivity index (χ1v) is 21.1. The van der Waals surface area contributed by atoms with Crippen molar-refractivity contribution >= 4 is 39.6 Å². The SMILES string of the molecule is C=CCNC(=O)C(=O)C(CC1CC1)NC(=O)C1[C@H]2[C@@H](CN1C(=O)C(NC(=O)NC(CN1Cc3ccccc3S1(=O)=O)C(C)(C)C)C1CCCCC1)C2(C)C. The number of nitrogens with zero attached hydrogens (tertiary/aromatic N) is 2. The van der Waals surface area contributed by atoms with Crippen molar-refractivity contribution in [3.8, 4) is 0 Å². The van der Waals surface area contributed by atoms with Crippen LogP contribution in [-0.4, -0.2) is 91.0 Å². The Morgan fingerprint density at radius 1 is 0.981 bits per heavy atom. The van der Waals surface area contributed by atoms with Gasteiger partial charge in [-0.2, -0.15) is 4.31 Å². The molecule has 4 fully saturated rings. The second-order valence-corrected chi connectivity index (χ2v) is 19.7. The molecule has 3 aliphatic carbocycles. The lowest BCUT2D eigenvalue weighted by Crippen LogP contribution is -2.61. The van der Waals surface area contributed by atoms with Crippen molar-refractivity contribution in [1.29, 1.82) is 0 Å². The highest BCUT2D eigenvalue weighted by atomic mass is 32.2. The molecular weight excluding hydrogens is 709 g/mol. The summed E-state index contributed by atoms with van der Waals surface area (Å²) in [6.07, 6.45) is 8.03. The normalized spacial score (nSPS) is 26.0. The van der Waals surface area contributed by atoms with Gasteiger partial charge in [-0.05, 0) is 65.4 Å². The lowest BCUT2D eigenvalue weighted by Gasteiger charge is -2.38. The van der Waals surface area contributed by atoms with Gasteiger partial charge >= 0.3 is 6.03 Å². The third-order valence-corrected chi connectivity index (χ3v) is 14.5. The number of carbonyl (C=O) groups excluding carboxylic acids is 5. The molecule has 2 aliphatic heterocycles. The summed E-state index contributed by atoms with van der Waals surface area (Å²) in [7, 11) is -3.74. The van der Waals surface area contributed by atoms with Gasteiger partial charge in [0.25, 0.3) is 5.91 Å². The maximum atomic E-state index is 14.8. The molecule has 0 radical (unpaired) electrons. The van der Waals surface area contributed by atoms with Crippen LogP contribution in [0.5, 0.6) is 0 Å². The van der Waals surface area contributed by atoms with Crippen LogP contribution in [0.1, 0.15) is 91.5 Å². The Morgan fingerprint density at radius 3 is 2.30 bits per heavy atom. The van der Waals surface area contributed by atoms with Crippen molar-refractivity contribution in [3.63, 3.8) is 0 Å². The first kappa shape index (κ1) is 39.9. The fraction of sp³-hybridized carbons (Fsp3) is 0.675. The van der Waals surface area contributed by atoms with Crippen LogP contribution in [0.4, 0.5) is 4.79 Å². The number of amides is 5. The molecular formula is C40H58N6O7S. The molecule has 296 valence electrons. The molecule has 5 aliphatic rings. The summed E-state index contributed by atoms with van der Waals surface area (Å²) in [5.74, 6) is -2.24. The van der Waals surface area contributed by atoms with Gasteiger partial charge in [-0.25, -0.2) is 13.2 Å².